The summed E-state index contributed by atoms with van der Waals surface area (Å²) < 4.78 is 0. The zero-order valence-electron chi connectivity index (χ0n) is 9.97. The van der Waals surface area contributed by atoms with E-state index in [1.165, 1.54) is 0 Å². The van der Waals surface area contributed by atoms with Gasteiger partial charge in [0, 0.05) is 12.2 Å². The number of anilines is 1. The molecular formula is C13H15N3O2. The van der Waals surface area contributed by atoms with Gasteiger partial charge in [0.15, 0.2) is 0 Å². The number of benzene rings is 1. The lowest BCUT2D eigenvalue weighted by molar-refractivity contribution is -0.121. The molecule has 1 fully saturated rings. The summed E-state index contributed by atoms with van der Waals surface area (Å²) in [6.45, 7) is 1.08. The van der Waals surface area contributed by atoms with Gasteiger partial charge in [-0.05, 0) is 31.2 Å². The second kappa shape index (κ2) is 5.63. The van der Waals surface area contributed by atoms with Gasteiger partial charge in [-0.1, -0.05) is 6.07 Å². The molecule has 1 amide bonds. The maximum Gasteiger partial charge on any atom is 0.246 e. The lowest BCUT2D eigenvalue weighted by atomic mass is 10.2. The molecule has 1 aliphatic heterocycles. The number of aliphatic hydroxyl groups is 1. The smallest absolute Gasteiger partial charge is 0.246 e. The van der Waals surface area contributed by atoms with Gasteiger partial charge in [-0.25, -0.2) is 0 Å². The van der Waals surface area contributed by atoms with Crippen molar-refractivity contribution in [2.45, 2.75) is 12.5 Å². The number of hydrogen-bond donors (Lipinski definition) is 2. The monoisotopic (exact) mass is 245 g/mol. The molecule has 0 spiro atoms. The summed E-state index contributed by atoms with van der Waals surface area (Å²) in [5, 5.41) is 21.1. The second-order valence-corrected chi connectivity index (χ2v) is 4.19. The Kier molecular flexibility index (Phi) is 3.92. The van der Waals surface area contributed by atoms with Crippen LogP contribution < -0.4 is 10.2 Å². The summed E-state index contributed by atoms with van der Waals surface area (Å²) in [5.41, 5.74) is 1.24. The Morgan fingerprint density at radius 3 is 3.11 bits per heavy atom. The number of rotatable bonds is 2. The fourth-order valence-corrected chi connectivity index (χ4v) is 2.04. The van der Waals surface area contributed by atoms with Crippen molar-refractivity contribution >= 4 is 11.6 Å². The summed E-state index contributed by atoms with van der Waals surface area (Å²) in [7, 11) is 0. The summed E-state index contributed by atoms with van der Waals surface area (Å²) in [6, 6.07) is 8.46. The average Bonchev–Trinajstić information content (AvgIpc) is 2.60. The molecule has 0 aromatic heterocycles. The quantitative estimate of drug-likeness (QED) is 0.783. The highest BCUT2D eigenvalue weighted by atomic mass is 16.3. The summed E-state index contributed by atoms with van der Waals surface area (Å²) in [6.07, 6.45) is 0.818. The zero-order valence-corrected chi connectivity index (χ0v) is 9.97. The van der Waals surface area contributed by atoms with Crippen LogP contribution in [0, 0.1) is 11.3 Å². The van der Waals surface area contributed by atoms with Crippen molar-refractivity contribution in [2.75, 3.05) is 24.6 Å². The van der Waals surface area contributed by atoms with E-state index >= 15 is 0 Å². The van der Waals surface area contributed by atoms with Crippen LogP contribution in [0.2, 0.25) is 0 Å². The third-order valence-corrected chi connectivity index (χ3v) is 2.98. The van der Waals surface area contributed by atoms with Crippen LogP contribution in [-0.4, -0.2) is 36.8 Å². The Morgan fingerprint density at radius 2 is 2.39 bits per heavy atom. The molecule has 0 saturated carbocycles. The molecule has 1 atom stereocenters. The normalized spacial score (nSPS) is 20.3. The maximum atomic E-state index is 12.2. The lowest BCUT2D eigenvalue weighted by Gasteiger charge is -2.23. The number of aliphatic hydroxyl groups excluding tert-OH is 1. The molecule has 2 rings (SSSR count). The third kappa shape index (κ3) is 2.50. The van der Waals surface area contributed by atoms with Crippen molar-refractivity contribution in [3.05, 3.63) is 29.8 Å². The van der Waals surface area contributed by atoms with Crippen LogP contribution >= 0.6 is 0 Å². The van der Waals surface area contributed by atoms with E-state index in [0.717, 1.165) is 6.42 Å². The van der Waals surface area contributed by atoms with Crippen LogP contribution in [0.4, 0.5) is 5.69 Å². The van der Waals surface area contributed by atoms with Crippen molar-refractivity contribution in [1.82, 2.24) is 5.32 Å². The van der Waals surface area contributed by atoms with Gasteiger partial charge in [0.25, 0.3) is 0 Å². The third-order valence-electron chi connectivity index (χ3n) is 2.98. The van der Waals surface area contributed by atoms with E-state index in [9.17, 15) is 9.90 Å². The number of nitrogens with one attached hydrogen (secondary N) is 1. The van der Waals surface area contributed by atoms with E-state index in [4.69, 9.17) is 5.26 Å². The van der Waals surface area contributed by atoms with Crippen LogP contribution in [0.25, 0.3) is 0 Å². The Morgan fingerprint density at radius 1 is 1.56 bits per heavy atom. The van der Waals surface area contributed by atoms with Gasteiger partial charge in [-0.3, -0.25) is 4.79 Å². The summed E-state index contributed by atoms with van der Waals surface area (Å²) in [4.78, 5) is 13.8. The minimum Gasteiger partial charge on any atom is -0.394 e. The van der Waals surface area contributed by atoms with Crippen LogP contribution in [-0.2, 0) is 4.79 Å². The summed E-state index contributed by atoms with van der Waals surface area (Å²) in [5.74, 6) is -0.148. The molecule has 1 saturated heterocycles. The molecule has 0 aliphatic carbocycles. The van der Waals surface area contributed by atoms with Gasteiger partial charge >= 0.3 is 0 Å². The molecule has 94 valence electrons. The molecule has 5 heteroatoms. The van der Waals surface area contributed by atoms with E-state index in [0.29, 0.717) is 24.3 Å². The number of carbonyl (C=O) groups excluding carboxylic acids is 1. The van der Waals surface area contributed by atoms with Crippen molar-refractivity contribution in [1.29, 1.82) is 5.26 Å². The van der Waals surface area contributed by atoms with E-state index in [2.05, 4.69) is 11.4 Å². The number of nitrogens with zero attached hydrogens (tertiary/aromatic N) is 2. The molecule has 1 unspecified atom stereocenters. The zero-order chi connectivity index (χ0) is 13.0. The molecule has 5 nitrogen and oxygen atoms in total. The van der Waals surface area contributed by atoms with E-state index < -0.39 is 6.04 Å². The molecule has 0 bridgehead atoms. The molecule has 1 aliphatic rings. The molecular weight excluding hydrogens is 230 g/mol. The van der Waals surface area contributed by atoms with Crippen LogP contribution in [0.5, 0.6) is 0 Å². The minimum absolute atomic E-state index is 0.148. The van der Waals surface area contributed by atoms with Gasteiger partial charge in [0.2, 0.25) is 5.91 Å². The van der Waals surface area contributed by atoms with Gasteiger partial charge in [0.05, 0.1) is 18.2 Å². The molecule has 0 radical (unpaired) electrons. The number of hydrogen-bond acceptors (Lipinski definition) is 4. The number of amides is 1. The van der Waals surface area contributed by atoms with E-state index in [-0.39, 0.29) is 12.5 Å². The van der Waals surface area contributed by atoms with Crippen molar-refractivity contribution < 1.29 is 9.90 Å². The Bertz CT molecular complexity index is 481. The lowest BCUT2D eigenvalue weighted by Crippen LogP contribution is -2.46. The first kappa shape index (κ1) is 12.6. The van der Waals surface area contributed by atoms with Gasteiger partial charge in [-0.2, -0.15) is 5.26 Å². The fourth-order valence-electron chi connectivity index (χ4n) is 2.04. The number of carbonyl (C=O) groups is 1. The Labute approximate surface area is 106 Å². The first-order valence-electron chi connectivity index (χ1n) is 5.92. The van der Waals surface area contributed by atoms with E-state index in [1.807, 2.05) is 0 Å². The Hall–Kier alpha value is -1.90. The highest BCUT2D eigenvalue weighted by Gasteiger charge is 2.26. The molecule has 2 N–H and O–H groups in total. The van der Waals surface area contributed by atoms with Crippen molar-refractivity contribution in [3.63, 3.8) is 0 Å². The van der Waals surface area contributed by atoms with Crippen molar-refractivity contribution in [2.24, 2.45) is 0 Å². The van der Waals surface area contributed by atoms with Crippen LogP contribution in [0.3, 0.4) is 0 Å². The number of nitriles is 1. The fraction of sp³-hybridized carbons (Fsp3) is 0.385. The molecule has 1 aromatic carbocycles. The predicted molar refractivity (Wildman–Crippen MR) is 67.0 cm³/mol. The van der Waals surface area contributed by atoms with E-state index in [1.54, 1.807) is 29.2 Å². The molecule has 1 aromatic rings. The van der Waals surface area contributed by atoms with Gasteiger partial charge in [0.1, 0.15) is 6.04 Å². The highest BCUT2D eigenvalue weighted by Crippen LogP contribution is 2.18. The predicted octanol–water partition coefficient (Wildman–Crippen LogP) is 0.245. The SMILES string of the molecule is N#Cc1cccc(N2CCCNC(CO)C2=O)c1. The van der Waals surface area contributed by atoms with Crippen LogP contribution in [0.1, 0.15) is 12.0 Å². The molecule has 1 heterocycles. The summed E-state index contributed by atoms with van der Waals surface area (Å²) >= 11 is 0. The standard InChI is InChI=1S/C13H15N3O2/c14-8-10-3-1-4-11(7-10)16-6-2-5-15-12(9-17)13(16)18/h1,3-4,7,12,15,17H,2,5-6,9H2. The van der Waals surface area contributed by atoms with Crippen molar-refractivity contribution in [3.8, 4) is 6.07 Å². The topological polar surface area (TPSA) is 76.4 Å². The first-order chi connectivity index (χ1) is 8.76. The second-order valence-electron chi connectivity index (χ2n) is 4.19. The Balaban J connectivity index is 2.29. The average molecular weight is 245 g/mol. The minimum atomic E-state index is -0.557. The maximum absolute atomic E-state index is 12.2. The largest absolute Gasteiger partial charge is 0.394 e. The van der Waals surface area contributed by atoms with Gasteiger partial charge in [-0.15, -0.1) is 0 Å². The first-order valence-corrected chi connectivity index (χ1v) is 5.92. The van der Waals surface area contributed by atoms with Crippen LogP contribution in [0.15, 0.2) is 24.3 Å². The van der Waals surface area contributed by atoms with Gasteiger partial charge < -0.3 is 15.3 Å². The highest BCUT2D eigenvalue weighted by molar-refractivity contribution is 5.97. The molecule has 18 heavy (non-hydrogen) atoms.